The molecule has 0 aliphatic rings. The Kier molecular flexibility index (Phi) is 4.26. The van der Waals surface area contributed by atoms with Crippen LogP contribution < -0.4 is 4.74 Å². The number of hydrogen-bond acceptors (Lipinski definition) is 5. The van der Waals surface area contributed by atoms with Crippen molar-refractivity contribution in [3.05, 3.63) is 45.0 Å². The lowest BCUT2D eigenvalue weighted by Gasteiger charge is -2.13. The van der Waals surface area contributed by atoms with Crippen LogP contribution in [-0.4, -0.2) is 27.2 Å². The fraction of sp³-hybridized carbons (Fsp3) is 0.182. The van der Waals surface area contributed by atoms with Gasteiger partial charge in [-0.1, -0.05) is 0 Å². The first-order valence-corrected chi connectivity index (χ1v) is 6.56. The number of halogens is 2. The van der Waals surface area contributed by atoms with Gasteiger partial charge in [0.1, 0.15) is 11.8 Å². The normalized spacial score (nSPS) is 12.2. The van der Waals surface area contributed by atoms with Gasteiger partial charge in [-0.2, -0.15) is 0 Å². The Labute approximate surface area is 121 Å². The predicted molar refractivity (Wildman–Crippen MR) is 72.3 cm³/mol. The Hall–Kier alpha value is -1.05. The van der Waals surface area contributed by atoms with Crippen molar-refractivity contribution in [3.63, 3.8) is 0 Å². The van der Waals surface area contributed by atoms with Crippen molar-refractivity contribution in [1.82, 2.24) is 15.0 Å². The fourth-order valence-corrected chi connectivity index (χ4v) is 2.64. The molecule has 0 radical (unpaired) electrons. The molecule has 2 heterocycles. The minimum Gasteiger partial charge on any atom is -0.480 e. The molecule has 1 unspecified atom stereocenters. The largest absolute Gasteiger partial charge is 0.480 e. The van der Waals surface area contributed by atoms with Crippen LogP contribution in [0.1, 0.15) is 17.5 Å². The van der Waals surface area contributed by atoms with E-state index < -0.39 is 6.10 Å². The number of aliphatic hydroxyl groups excluding tert-OH is 1. The Bertz CT molecular complexity index is 566. The number of aliphatic hydroxyl groups is 1. The van der Waals surface area contributed by atoms with E-state index in [4.69, 9.17) is 4.74 Å². The third-order valence-corrected chi connectivity index (χ3v) is 3.31. The summed E-state index contributed by atoms with van der Waals surface area (Å²) in [6.07, 6.45) is 3.59. The van der Waals surface area contributed by atoms with Crippen molar-refractivity contribution in [2.75, 3.05) is 7.11 Å². The number of rotatable bonds is 3. The van der Waals surface area contributed by atoms with Gasteiger partial charge in [0.15, 0.2) is 0 Å². The van der Waals surface area contributed by atoms with E-state index in [0.717, 1.165) is 4.47 Å². The lowest BCUT2D eigenvalue weighted by atomic mass is 10.1. The molecule has 0 aromatic carbocycles. The highest BCUT2D eigenvalue weighted by atomic mass is 79.9. The maximum atomic E-state index is 10.3. The summed E-state index contributed by atoms with van der Waals surface area (Å²) in [6, 6.07) is 1.80. The van der Waals surface area contributed by atoms with Gasteiger partial charge in [-0.15, -0.1) is 0 Å². The number of hydrogen-bond donors (Lipinski definition) is 1. The van der Waals surface area contributed by atoms with Crippen molar-refractivity contribution in [2.24, 2.45) is 0 Å². The second-order valence-corrected chi connectivity index (χ2v) is 5.14. The lowest BCUT2D eigenvalue weighted by molar-refractivity contribution is 0.202. The zero-order chi connectivity index (χ0) is 13.1. The van der Waals surface area contributed by atoms with E-state index in [1.807, 2.05) is 0 Å². The first kappa shape index (κ1) is 13.4. The summed E-state index contributed by atoms with van der Waals surface area (Å²) in [5.74, 6) is 0.279. The van der Waals surface area contributed by atoms with E-state index in [1.54, 1.807) is 12.3 Å². The highest BCUT2D eigenvalue weighted by Gasteiger charge is 2.21. The summed E-state index contributed by atoms with van der Waals surface area (Å²) in [5.41, 5.74) is 0.785. The maximum absolute atomic E-state index is 10.3. The average molecular weight is 375 g/mol. The molecule has 1 N–H and O–H groups in total. The summed E-state index contributed by atoms with van der Waals surface area (Å²) in [4.78, 5) is 12.2. The molecule has 2 aromatic rings. The van der Waals surface area contributed by atoms with E-state index in [9.17, 15) is 5.11 Å². The lowest BCUT2D eigenvalue weighted by Crippen LogP contribution is -2.08. The molecule has 0 fully saturated rings. The van der Waals surface area contributed by atoms with Crippen molar-refractivity contribution in [1.29, 1.82) is 0 Å². The van der Waals surface area contributed by atoms with Crippen molar-refractivity contribution < 1.29 is 9.84 Å². The molecular weight excluding hydrogens is 366 g/mol. The molecule has 0 spiro atoms. The van der Waals surface area contributed by atoms with Gasteiger partial charge in [0.2, 0.25) is 5.88 Å². The van der Waals surface area contributed by atoms with Crippen molar-refractivity contribution >= 4 is 31.9 Å². The summed E-state index contributed by atoms with van der Waals surface area (Å²) in [5, 5.41) is 10.3. The second kappa shape index (κ2) is 5.73. The van der Waals surface area contributed by atoms with Gasteiger partial charge in [0, 0.05) is 27.5 Å². The van der Waals surface area contributed by atoms with E-state index in [1.165, 1.54) is 19.5 Å². The second-order valence-electron chi connectivity index (χ2n) is 3.37. The molecule has 2 aromatic heterocycles. The minimum atomic E-state index is -1.00. The molecule has 0 aliphatic carbocycles. The molecule has 0 bridgehead atoms. The number of methoxy groups -OCH3 is 1. The zero-order valence-corrected chi connectivity index (χ0v) is 12.5. The Balaban J connectivity index is 2.44. The summed E-state index contributed by atoms with van der Waals surface area (Å²) < 4.78 is 6.56. The standard InChI is InChI=1S/C11H9Br2N3O2/c1-18-11-9(14-2-3-15-11)10(17)8-7(13)4-6(12)5-16-8/h2-5,10,17H,1H3. The first-order valence-electron chi connectivity index (χ1n) is 4.97. The Morgan fingerprint density at radius 1 is 1.17 bits per heavy atom. The highest BCUT2D eigenvalue weighted by molar-refractivity contribution is 9.11. The van der Waals surface area contributed by atoms with Gasteiger partial charge < -0.3 is 9.84 Å². The summed E-state index contributed by atoms with van der Waals surface area (Å²) in [6.45, 7) is 0. The van der Waals surface area contributed by atoms with Crippen LogP contribution in [0.25, 0.3) is 0 Å². The minimum absolute atomic E-state index is 0.279. The van der Waals surface area contributed by atoms with Gasteiger partial charge in [0.05, 0.1) is 12.8 Å². The van der Waals surface area contributed by atoms with Gasteiger partial charge in [-0.25, -0.2) is 4.98 Å². The van der Waals surface area contributed by atoms with Crippen molar-refractivity contribution in [2.45, 2.75) is 6.10 Å². The van der Waals surface area contributed by atoms with E-state index in [-0.39, 0.29) is 5.88 Å². The quantitative estimate of drug-likeness (QED) is 0.893. The molecule has 0 saturated heterocycles. The smallest absolute Gasteiger partial charge is 0.238 e. The molecule has 0 amide bonds. The van der Waals surface area contributed by atoms with Crippen LogP contribution >= 0.6 is 31.9 Å². The van der Waals surface area contributed by atoms with E-state index >= 15 is 0 Å². The van der Waals surface area contributed by atoms with Crippen LogP contribution in [-0.2, 0) is 0 Å². The molecule has 94 valence electrons. The van der Waals surface area contributed by atoms with Crippen LogP contribution in [0.4, 0.5) is 0 Å². The van der Waals surface area contributed by atoms with Gasteiger partial charge in [-0.05, 0) is 37.9 Å². The van der Waals surface area contributed by atoms with Crippen LogP contribution in [0, 0.1) is 0 Å². The topological polar surface area (TPSA) is 68.1 Å². The van der Waals surface area contributed by atoms with Gasteiger partial charge in [-0.3, -0.25) is 9.97 Å². The summed E-state index contributed by atoms with van der Waals surface area (Å²) >= 11 is 6.65. The van der Waals surface area contributed by atoms with E-state index in [2.05, 4.69) is 46.8 Å². The Morgan fingerprint density at radius 2 is 1.89 bits per heavy atom. The molecule has 5 nitrogen and oxygen atoms in total. The third-order valence-electron chi connectivity index (χ3n) is 2.24. The monoisotopic (exact) mass is 373 g/mol. The third kappa shape index (κ3) is 2.68. The zero-order valence-electron chi connectivity index (χ0n) is 9.34. The van der Waals surface area contributed by atoms with Gasteiger partial charge >= 0.3 is 0 Å². The summed E-state index contributed by atoms with van der Waals surface area (Å²) in [7, 11) is 1.48. The number of aromatic nitrogens is 3. The van der Waals surface area contributed by atoms with Crippen LogP contribution in [0.2, 0.25) is 0 Å². The average Bonchev–Trinajstić information content (AvgIpc) is 2.38. The van der Waals surface area contributed by atoms with Gasteiger partial charge in [0.25, 0.3) is 0 Å². The SMILES string of the molecule is COc1nccnc1C(O)c1ncc(Br)cc1Br. The molecule has 0 aliphatic heterocycles. The molecule has 2 rings (SSSR count). The molecular formula is C11H9Br2N3O2. The van der Waals surface area contributed by atoms with Crippen molar-refractivity contribution in [3.8, 4) is 5.88 Å². The predicted octanol–water partition coefficient (Wildman–Crippen LogP) is 2.49. The van der Waals surface area contributed by atoms with Crippen LogP contribution in [0.15, 0.2) is 33.6 Å². The Morgan fingerprint density at radius 3 is 2.56 bits per heavy atom. The molecule has 7 heteroatoms. The fourth-order valence-electron chi connectivity index (χ4n) is 1.44. The number of nitrogens with zero attached hydrogens (tertiary/aromatic N) is 3. The number of ether oxygens (including phenoxy) is 1. The number of pyridine rings is 1. The maximum Gasteiger partial charge on any atom is 0.238 e. The van der Waals surface area contributed by atoms with Crippen LogP contribution in [0.3, 0.4) is 0 Å². The molecule has 0 saturated carbocycles. The van der Waals surface area contributed by atoms with E-state index in [0.29, 0.717) is 15.9 Å². The first-order chi connectivity index (χ1) is 8.63. The van der Waals surface area contributed by atoms with Crippen LogP contribution in [0.5, 0.6) is 5.88 Å². The molecule has 1 atom stereocenters. The highest BCUT2D eigenvalue weighted by Crippen LogP contribution is 2.30. The molecule has 18 heavy (non-hydrogen) atoms.